The zero-order valence-electron chi connectivity index (χ0n) is 17.9. The van der Waals surface area contributed by atoms with Crippen molar-refractivity contribution in [3.8, 4) is 5.75 Å². The minimum atomic E-state index is -0.526. The summed E-state index contributed by atoms with van der Waals surface area (Å²) < 4.78 is 12.5. The lowest BCUT2D eigenvalue weighted by Gasteiger charge is -2.42. The highest BCUT2D eigenvalue weighted by Gasteiger charge is 2.36. The first-order chi connectivity index (χ1) is 15.4. The SMILES string of the molecule is COc1cc2oc(=O)c(CC(=O)N3C[C@@H]4C[C@H](C3)c3cccc(=O)n3C4)c(C)c2cc1Cl. The van der Waals surface area contributed by atoms with Crippen LogP contribution in [0.25, 0.3) is 11.0 Å². The van der Waals surface area contributed by atoms with Gasteiger partial charge in [-0.05, 0) is 37.0 Å². The van der Waals surface area contributed by atoms with Crippen LogP contribution in [0.4, 0.5) is 0 Å². The van der Waals surface area contributed by atoms with Gasteiger partial charge in [-0.2, -0.15) is 0 Å². The van der Waals surface area contributed by atoms with Crippen molar-refractivity contribution in [1.29, 1.82) is 0 Å². The molecule has 1 amide bonds. The number of carbonyl (C=O) groups is 1. The molecule has 5 rings (SSSR count). The first-order valence-electron chi connectivity index (χ1n) is 10.6. The number of hydrogen-bond acceptors (Lipinski definition) is 5. The average Bonchev–Trinajstić information content (AvgIpc) is 2.77. The Morgan fingerprint density at radius 2 is 2.03 bits per heavy atom. The minimum Gasteiger partial charge on any atom is -0.495 e. The molecule has 2 aromatic heterocycles. The number of ether oxygens (including phenoxy) is 1. The fourth-order valence-corrected chi connectivity index (χ4v) is 5.35. The fourth-order valence-electron chi connectivity index (χ4n) is 5.11. The molecule has 3 aromatic rings. The Morgan fingerprint density at radius 3 is 2.81 bits per heavy atom. The smallest absolute Gasteiger partial charge is 0.340 e. The molecule has 0 aliphatic carbocycles. The molecule has 166 valence electrons. The Hall–Kier alpha value is -3.06. The molecule has 32 heavy (non-hydrogen) atoms. The van der Waals surface area contributed by atoms with Crippen LogP contribution in [0.15, 0.2) is 44.3 Å². The van der Waals surface area contributed by atoms with Crippen LogP contribution < -0.4 is 15.9 Å². The number of pyridine rings is 1. The third kappa shape index (κ3) is 3.41. The van der Waals surface area contributed by atoms with Gasteiger partial charge in [-0.25, -0.2) is 4.79 Å². The van der Waals surface area contributed by atoms with Crippen molar-refractivity contribution < 1.29 is 13.9 Å². The maximum atomic E-state index is 13.2. The molecule has 2 aliphatic heterocycles. The molecule has 0 spiro atoms. The number of hydrogen-bond donors (Lipinski definition) is 0. The van der Waals surface area contributed by atoms with E-state index in [1.54, 1.807) is 31.2 Å². The van der Waals surface area contributed by atoms with Crippen LogP contribution >= 0.6 is 11.6 Å². The second-order valence-electron chi connectivity index (χ2n) is 8.65. The van der Waals surface area contributed by atoms with Crippen LogP contribution in [0.5, 0.6) is 5.75 Å². The van der Waals surface area contributed by atoms with Crippen LogP contribution in [0.3, 0.4) is 0 Å². The van der Waals surface area contributed by atoms with E-state index in [0.717, 1.165) is 12.1 Å². The molecule has 1 saturated heterocycles. The number of fused-ring (bicyclic) bond motifs is 5. The van der Waals surface area contributed by atoms with E-state index in [0.29, 0.717) is 52.5 Å². The van der Waals surface area contributed by atoms with Crippen molar-refractivity contribution in [2.45, 2.75) is 32.2 Å². The van der Waals surface area contributed by atoms with Crippen molar-refractivity contribution in [3.05, 3.63) is 72.9 Å². The van der Waals surface area contributed by atoms with Crippen molar-refractivity contribution in [2.75, 3.05) is 20.2 Å². The molecule has 0 radical (unpaired) electrons. The van der Waals surface area contributed by atoms with Crippen molar-refractivity contribution in [3.63, 3.8) is 0 Å². The lowest BCUT2D eigenvalue weighted by Crippen LogP contribution is -2.49. The molecular weight excluding hydrogens is 432 g/mol. The van der Waals surface area contributed by atoms with Crippen LogP contribution in [-0.2, 0) is 17.8 Å². The molecule has 2 atom stereocenters. The number of nitrogens with zero attached hydrogens (tertiary/aromatic N) is 2. The van der Waals surface area contributed by atoms with E-state index >= 15 is 0 Å². The first kappa shape index (κ1) is 20.8. The topological polar surface area (TPSA) is 81.8 Å². The normalized spacial score (nSPS) is 19.7. The number of methoxy groups -OCH3 is 1. The quantitative estimate of drug-likeness (QED) is 0.568. The van der Waals surface area contributed by atoms with Crippen LogP contribution in [0.2, 0.25) is 5.02 Å². The Balaban J connectivity index is 1.43. The molecule has 0 saturated carbocycles. The monoisotopic (exact) mass is 454 g/mol. The summed E-state index contributed by atoms with van der Waals surface area (Å²) in [7, 11) is 1.49. The molecule has 0 unspecified atom stereocenters. The van der Waals surface area contributed by atoms with E-state index in [1.165, 1.54) is 7.11 Å². The minimum absolute atomic E-state index is 0.0108. The maximum absolute atomic E-state index is 13.2. The van der Waals surface area contributed by atoms with E-state index in [9.17, 15) is 14.4 Å². The summed E-state index contributed by atoms with van der Waals surface area (Å²) in [5, 5.41) is 1.09. The molecule has 0 N–H and O–H groups in total. The number of halogens is 1. The number of piperidine rings is 1. The Morgan fingerprint density at radius 1 is 1.22 bits per heavy atom. The highest BCUT2D eigenvalue weighted by Crippen LogP contribution is 2.35. The third-order valence-corrected chi connectivity index (χ3v) is 7.02. The number of rotatable bonds is 3. The Labute approximate surface area is 189 Å². The molecule has 8 heteroatoms. The second-order valence-corrected chi connectivity index (χ2v) is 9.06. The van der Waals surface area contributed by atoms with E-state index < -0.39 is 5.63 Å². The van der Waals surface area contributed by atoms with Gasteiger partial charge in [-0.3, -0.25) is 9.59 Å². The van der Waals surface area contributed by atoms with E-state index in [-0.39, 0.29) is 29.7 Å². The Bertz CT molecular complexity index is 1360. The summed E-state index contributed by atoms with van der Waals surface area (Å²) in [5.74, 6) is 0.664. The predicted molar refractivity (Wildman–Crippen MR) is 121 cm³/mol. The van der Waals surface area contributed by atoms with Gasteiger partial charge < -0.3 is 18.6 Å². The Kier molecular flexibility index (Phi) is 5.08. The van der Waals surface area contributed by atoms with Crippen molar-refractivity contribution >= 4 is 28.5 Å². The van der Waals surface area contributed by atoms with E-state index in [1.807, 2.05) is 15.5 Å². The van der Waals surface area contributed by atoms with Crippen LogP contribution in [-0.4, -0.2) is 35.6 Å². The van der Waals surface area contributed by atoms with Gasteiger partial charge in [0.1, 0.15) is 11.3 Å². The number of amides is 1. The van der Waals surface area contributed by atoms with Gasteiger partial charge in [0.2, 0.25) is 5.91 Å². The lowest BCUT2D eigenvalue weighted by molar-refractivity contribution is -0.133. The molecule has 7 nitrogen and oxygen atoms in total. The zero-order valence-corrected chi connectivity index (χ0v) is 18.6. The lowest BCUT2D eigenvalue weighted by atomic mass is 9.83. The van der Waals surface area contributed by atoms with Gasteiger partial charge in [0.15, 0.2) is 0 Å². The van der Waals surface area contributed by atoms with Crippen molar-refractivity contribution in [2.24, 2.45) is 5.92 Å². The van der Waals surface area contributed by atoms with Gasteiger partial charge in [0, 0.05) is 48.8 Å². The second kappa shape index (κ2) is 7.81. The summed E-state index contributed by atoms with van der Waals surface area (Å²) in [6.45, 7) is 3.54. The van der Waals surface area contributed by atoms with Crippen molar-refractivity contribution in [1.82, 2.24) is 9.47 Å². The third-order valence-electron chi connectivity index (χ3n) is 6.72. The number of benzene rings is 1. The molecular formula is C24H23ClN2O5. The standard InChI is InChI=1S/C24H23ClN2O5/c1-13-16-7-18(25)21(31-2)9-20(16)32-24(30)17(13)8-23(29)26-10-14-6-15(12-26)19-4-3-5-22(28)27(19)11-14/h3-5,7,9,14-15H,6,8,10-12H2,1-2H3/t14-,15+/m0/s1. The summed E-state index contributed by atoms with van der Waals surface area (Å²) >= 11 is 6.26. The first-order valence-corrected chi connectivity index (χ1v) is 11.0. The number of aromatic nitrogens is 1. The maximum Gasteiger partial charge on any atom is 0.340 e. The van der Waals surface area contributed by atoms with Crippen LogP contribution in [0, 0.1) is 12.8 Å². The molecule has 1 fully saturated rings. The summed E-state index contributed by atoms with van der Waals surface area (Å²) in [4.78, 5) is 40.0. The molecule has 4 heterocycles. The van der Waals surface area contributed by atoms with Gasteiger partial charge >= 0.3 is 5.63 Å². The predicted octanol–water partition coefficient (Wildman–Crippen LogP) is 3.11. The van der Waals surface area contributed by atoms with E-state index in [2.05, 4.69) is 0 Å². The largest absolute Gasteiger partial charge is 0.495 e. The number of aryl methyl sites for hydroxylation is 1. The molecule has 1 aromatic carbocycles. The molecule has 2 aliphatic rings. The highest BCUT2D eigenvalue weighted by molar-refractivity contribution is 6.32. The van der Waals surface area contributed by atoms with Gasteiger partial charge in [-0.15, -0.1) is 0 Å². The summed E-state index contributed by atoms with van der Waals surface area (Å²) in [5.41, 5.74) is 1.87. The summed E-state index contributed by atoms with van der Waals surface area (Å²) in [6, 6.07) is 8.61. The number of likely N-dealkylation sites (tertiary alicyclic amines) is 1. The highest BCUT2D eigenvalue weighted by atomic mass is 35.5. The van der Waals surface area contributed by atoms with E-state index in [4.69, 9.17) is 20.8 Å². The summed E-state index contributed by atoms with van der Waals surface area (Å²) in [6.07, 6.45) is 0.930. The fraction of sp³-hybridized carbons (Fsp3) is 0.375. The average molecular weight is 455 g/mol. The van der Waals surface area contributed by atoms with Gasteiger partial charge in [0.05, 0.1) is 24.1 Å². The van der Waals surface area contributed by atoms with Gasteiger partial charge in [0.25, 0.3) is 5.56 Å². The molecule has 2 bridgehead atoms. The van der Waals surface area contributed by atoms with Gasteiger partial charge in [-0.1, -0.05) is 17.7 Å². The zero-order chi connectivity index (χ0) is 22.6. The van der Waals surface area contributed by atoms with Crippen LogP contribution in [0.1, 0.15) is 29.2 Å². The number of carbonyl (C=O) groups excluding carboxylic acids is 1.